The van der Waals surface area contributed by atoms with Crippen LogP contribution in [0.25, 0.3) is 0 Å². The minimum absolute atomic E-state index is 0.268. The van der Waals surface area contributed by atoms with Crippen LogP contribution in [-0.2, 0) is 9.47 Å². The predicted molar refractivity (Wildman–Crippen MR) is 73.8 cm³/mol. The molecule has 0 aromatic rings. The number of hydrogen-bond acceptors (Lipinski definition) is 3. The van der Waals surface area contributed by atoms with Gasteiger partial charge in [-0.3, -0.25) is 0 Å². The van der Waals surface area contributed by atoms with Gasteiger partial charge in [0.25, 0.3) is 0 Å². The molecule has 3 heteroatoms. The lowest BCUT2D eigenvalue weighted by molar-refractivity contribution is -0.135. The molecule has 0 aromatic carbocycles. The van der Waals surface area contributed by atoms with Gasteiger partial charge in [0.15, 0.2) is 0 Å². The Kier molecular flexibility index (Phi) is 5.46. The molecule has 1 saturated carbocycles. The van der Waals surface area contributed by atoms with Crippen LogP contribution in [0.4, 0.5) is 0 Å². The van der Waals surface area contributed by atoms with Crippen LogP contribution in [0.5, 0.6) is 0 Å². The molecule has 18 heavy (non-hydrogen) atoms. The Morgan fingerprint density at radius 1 is 1.39 bits per heavy atom. The van der Waals surface area contributed by atoms with Crippen molar-refractivity contribution in [1.82, 2.24) is 5.32 Å². The first kappa shape index (κ1) is 14.3. The van der Waals surface area contributed by atoms with Gasteiger partial charge < -0.3 is 14.8 Å². The fourth-order valence-electron chi connectivity index (χ4n) is 2.92. The van der Waals surface area contributed by atoms with E-state index in [2.05, 4.69) is 19.2 Å². The Morgan fingerprint density at radius 3 is 2.89 bits per heavy atom. The molecule has 1 heterocycles. The Bertz CT molecular complexity index is 239. The molecule has 1 aliphatic carbocycles. The highest BCUT2D eigenvalue weighted by molar-refractivity contribution is 4.95. The third-order valence-electron chi connectivity index (χ3n) is 4.11. The summed E-state index contributed by atoms with van der Waals surface area (Å²) in [5, 5.41) is 3.67. The SMILES string of the molecule is CC(C)COCCCNC1CCOC2(CCC2)C1. The number of nitrogens with one attached hydrogen (secondary N) is 1. The van der Waals surface area contributed by atoms with Crippen molar-refractivity contribution in [2.45, 2.75) is 64.0 Å². The molecule has 0 aromatic heterocycles. The summed E-state index contributed by atoms with van der Waals surface area (Å²) in [6.07, 6.45) is 7.44. The van der Waals surface area contributed by atoms with E-state index in [9.17, 15) is 0 Å². The highest BCUT2D eigenvalue weighted by atomic mass is 16.5. The zero-order valence-electron chi connectivity index (χ0n) is 12.0. The maximum absolute atomic E-state index is 5.94. The van der Waals surface area contributed by atoms with Crippen LogP contribution in [0.3, 0.4) is 0 Å². The standard InChI is InChI=1S/C15H29NO2/c1-13(2)12-17-9-4-8-16-14-5-10-18-15(11-14)6-3-7-15/h13-14,16H,3-12H2,1-2H3. The quantitative estimate of drug-likeness (QED) is 0.710. The van der Waals surface area contributed by atoms with Crippen molar-refractivity contribution in [3.63, 3.8) is 0 Å². The highest BCUT2D eigenvalue weighted by Gasteiger charge is 2.42. The molecular weight excluding hydrogens is 226 g/mol. The van der Waals surface area contributed by atoms with Crippen molar-refractivity contribution in [3.05, 3.63) is 0 Å². The molecule has 1 spiro atoms. The fraction of sp³-hybridized carbons (Fsp3) is 1.00. The number of hydrogen-bond donors (Lipinski definition) is 1. The Hall–Kier alpha value is -0.120. The molecule has 1 atom stereocenters. The molecule has 2 rings (SSSR count). The van der Waals surface area contributed by atoms with Gasteiger partial charge in [-0.05, 0) is 51.0 Å². The van der Waals surface area contributed by atoms with Crippen LogP contribution in [0.2, 0.25) is 0 Å². The van der Waals surface area contributed by atoms with Gasteiger partial charge in [-0.1, -0.05) is 13.8 Å². The largest absolute Gasteiger partial charge is 0.381 e. The van der Waals surface area contributed by atoms with Crippen molar-refractivity contribution >= 4 is 0 Å². The van der Waals surface area contributed by atoms with E-state index in [1.54, 1.807) is 0 Å². The summed E-state index contributed by atoms with van der Waals surface area (Å²) >= 11 is 0. The minimum Gasteiger partial charge on any atom is -0.381 e. The van der Waals surface area contributed by atoms with Crippen molar-refractivity contribution < 1.29 is 9.47 Å². The average molecular weight is 255 g/mol. The van der Waals surface area contributed by atoms with Crippen molar-refractivity contribution in [2.24, 2.45) is 5.92 Å². The lowest BCUT2D eigenvalue weighted by atomic mass is 9.74. The summed E-state index contributed by atoms with van der Waals surface area (Å²) in [6, 6.07) is 0.671. The zero-order chi connectivity index (χ0) is 12.8. The third-order valence-corrected chi connectivity index (χ3v) is 4.11. The summed E-state index contributed by atoms with van der Waals surface area (Å²) in [4.78, 5) is 0. The van der Waals surface area contributed by atoms with Crippen LogP contribution in [-0.4, -0.2) is 38.0 Å². The van der Waals surface area contributed by atoms with Crippen LogP contribution < -0.4 is 5.32 Å². The molecule has 0 radical (unpaired) electrons. The van der Waals surface area contributed by atoms with Gasteiger partial charge in [0.05, 0.1) is 5.60 Å². The van der Waals surface area contributed by atoms with E-state index in [1.165, 1.54) is 32.1 Å². The molecule has 3 nitrogen and oxygen atoms in total. The second-order valence-electron chi connectivity index (χ2n) is 6.35. The molecule has 0 bridgehead atoms. The molecule has 0 amide bonds. The summed E-state index contributed by atoms with van der Waals surface area (Å²) in [6.45, 7) is 8.19. The van der Waals surface area contributed by atoms with Crippen LogP contribution >= 0.6 is 0 Å². The smallest absolute Gasteiger partial charge is 0.0697 e. The monoisotopic (exact) mass is 255 g/mol. The number of ether oxygens (including phenoxy) is 2. The van der Waals surface area contributed by atoms with E-state index >= 15 is 0 Å². The Labute approximate surface area is 112 Å². The second kappa shape index (κ2) is 6.88. The summed E-state index contributed by atoms with van der Waals surface area (Å²) in [5.41, 5.74) is 0.268. The second-order valence-corrected chi connectivity index (χ2v) is 6.35. The molecule has 1 N–H and O–H groups in total. The molecule has 2 fully saturated rings. The maximum Gasteiger partial charge on any atom is 0.0697 e. The fourth-order valence-corrected chi connectivity index (χ4v) is 2.92. The van der Waals surface area contributed by atoms with Gasteiger partial charge in [-0.15, -0.1) is 0 Å². The van der Waals surface area contributed by atoms with Crippen LogP contribution in [0.1, 0.15) is 52.4 Å². The van der Waals surface area contributed by atoms with Crippen LogP contribution in [0, 0.1) is 5.92 Å². The molecule has 1 saturated heterocycles. The van der Waals surface area contributed by atoms with Crippen LogP contribution in [0.15, 0.2) is 0 Å². The van der Waals surface area contributed by atoms with Crippen molar-refractivity contribution in [1.29, 1.82) is 0 Å². The molecule has 106 valence electrons. The van der Waals surface area contributed by atoms with E-state index in [0.717, 1.165) is 32.8 Å². The van der Waals surface area contributed by atoms with E-state index in [0.29, 0.717) is 12.0 Å². The van der Waals surface area contributed by atoms with Gasteiger partial charge >= 0.3 is 0 Å². The van der Waals surface area contributed by atoms with Gasteiger partial charge in [-0.2, -0.15) is 0 Å². The van der Waals surface area contributed by atoms with E-state index in [4.69, 9.17) is 9.47 Å². The Balaban J connectivity index is 1.51. The predicted octanol–water partition coefficient (Wildman–Crippen LogP) is 2.74. The van der Waals surface area contributed by atoms with Crippen molar-refractivity contribution in [3.8, 4) is 0 Å². The molecule has 1 unspecified atom stereocenters. The van der Waals surface area contributed by atoms with E-state index < -0.39 is 0 Å². The summed E-state index contributed by atoms with van der Waals surface area (Å²) in [7, 11) is 0. The summed E-state index contributed by atoms with van der Waals surface area (Å²) in [5.74, 6) is 0.645. The first-order valence-corrected chi connectivity index (χ1v) is 7.65. The number of rotatable bonds is 7. The lowest BCUT2D eigenvalue weighted by Gasteiger charge is -2.47. The molecule has 2 aliphatic rings. The van der Waals surface area contributed by atoms with E-state index in [1.807, 2.05) is 0 Å². The zero-order valence-corrected chi connectivity index (χ0v) is 12.0. The first-order chi connectivity index (χ1) is 8.70. The summed E-state index contributed by atoms with van der Waals surface area (Å²) < 4.78 is 11.5. The average Bonchev–Trinajstić information content (AvgIpc) is 2.32. The van der Waals surface area contributed by atoms with Crippen molar-refractivity contribution in [2.75, 3.05) is 26.4 Å². The van der Waals surface area contributed by atoms with Gasteiger partial charge in [0.1, 0.15) is 0 Å². The normalized spacial score (nSPS) is 26.5. The highest BCUT2D eigenvalue weighted by Crippen LogP contribution is 2.42. The minimum atomic E-state index is 0.268. The van der Waals surface area contributed by atoms with Gasteiger partial charge in [0, 0.05) is 25.9 Å². The molecular formula is C15H29NO2. The maximum atomic E-state index is 5.94. The Morgan fingerprint density at radius 2 is 2.22 bits per heavy atom. The topological polar surface area (TPSA) is 30.5 Å². The van der Waals surface area contributed by atoms with E-state index in [-0.39, 0.29) is 5.60 Å². The first-order valence-electron chi connectivity index (χ1n) is 7.65. The van der Waals surface area contributed by atoms with Gasteiger partial charge in [0.2, 0.25) is 0 Å². The third kappa shape index (κ3) is 4.22. The molecule has 1 aliphatic heterocycles. The lowest BCUT2D eigenvalue weighted by Crippen LogP contribution is -2.51. The van der Waals surface area contributed by atoms with Gasteiger partial charge in [-0.25, -0.2) is 0 Å².